The Labute approximate surface area is 109 Å². The SMILES string of the molecule is CCOC1CCCN(CCNCc2ccoc2)C1. The van der Waals surface area contributed by atoms with Gasteiger partial charge in [0.05, 0.1) is 18.6 Å². The highest BCUT2D eigenvalue weighted by Gasteiger charge is 2.19. The van der Waals surface area contributed by atoms with Crippen molar-refractivity contribution in [1.82, 2.24) is 10.2 Å². The summed E-state index contributed by atoms with van der Waals surface area (Å²) in [5.41, 5.74) is 1.21. The minimum atomic E-state index is 0.442. The highest BCUT2D eigenvalue weighted by atomic mass is 16.5. The van der Waals surface area contributed by atoms with Gasteiger partial charge in [-0.15, -0.1) is 0 Å². The lowest BCUT2D eigenvalue weighted by atomic mass is 10.1. The monoisotopic (exact) mass is 252 g/mol. The summed E-state index contributed by atoms with van der Waals surface area (Å²) in [6, 6.07) is 2.00. The van der Waals surface area contributed by atoms with Crippen molar-refractivity contribution in [1.29, 1.82) is 0 Å². The van der Waals surface area contributed by atoms with E-state index < -0.39 is 0 Å². The Hall–Kier alpha value is -0.840. The first-order valence-electron chi connectivity index (χ1n) is 6.94. The van der Waals surface area contributed by atoms with Gasteiger partial charge in [0.25, 0.3) is 0 Å². The van der Waals surface area contributed by atoms with Crippen LogP contribution in [-0.2, 0) is 11.3 Å². The van der Waals surface area contributed by atoms with Crippen LogP contribution in [0, 0.1) is 0 Å². The van der Waals surface area contributed by atoms with Crippen LogP contribution in [0.4, 0.5) is 0 Å². The average molecular weight is 252 g/mol. The number of rotatable bonds is 7. The highest BCUT2D eigenvalue weighted by Crippen LogP contribution is 2.12. The highest BCUT2D eigenvalue weighted by molar-refractivity contribution is 5.04. The number of piperidine rings is 1. The van der Waals surface area contributed by atoms with Crippen molar-refractivity contribution < 1.29 is 9.15 Å². The van der Waals surface area contributed by atoms with E-state index in [0.29, 0.717) is 6.10 Å². The summed E-state index contributed by atoms with van der Waals surface area (Å²) in [4.78, 5) is 2.49. The van der Waals surface area contributed by atoms with E-state index in [1.165, 1.54) is 24.9 Å². The zero-order chi connectivity index (χ0) is 12.6. The summed E-state index contributed by atoms with van der Waals surface area (Å²) >= 11 is 0. The molecule has 18 heavy (non-hydrogen) atoms. The molecule has 1 aliphatic heterocycles. The fourth-order valence-corrected chi connectivity index (χ4v) is 2.45. The zero-order valence-electron chi connectivity index (χ0n) is 11.2. The first-order chi connectivity index (χ1) is 8.88. The lowest BCUT2D eigenvalue weighted by Gasteiger charge is -2.32. The van der Waals surface area contributed by atoms with Crippen LogP contribution in [0.1, 0.15) is 25.3 Å². The van der Waals surface area contributed by atoms with E-state index in [-0.39, 0.29) is 0 Å². The molecule has 0 amide bonds. The van der Waals surface area contributed by atoms with Crippen LogP contribution in [-0.4, -0.2) is 43.8 Å². The molecule has 2 heterocycles. The van der Waals surface area contributed by atoms with E-state index in [4.69, 9.17) is 9.15 Å². The lowest BCUT2D eigenvalue weighted by Crippen LogP contribution is -2.42. The third-order valence-corrected chi connectivity index (χ3v) is 3.38. The fraction of sp³-hybridized carbons (Fsp3) is 0.714. The standard InChI is InChI=1S/C14H24N2O2/c1-2-18-14-4-3-7-16(11-14)8-6-15-10-13-5-9-17-12-13/h5,9,12,14-15H,2-4,6-8,10-11H2,1H3. The van der Waals surface area contributed by atoms with Gasteiger partial charge in [0, 0.05) is 38.3 Å². The maximum Gasteiger partial charge on any atom is 0.0947 e. The summed E-state index contributed by atoms with van der Waals surface area (Å²) in [6.07, 6.45) is 6.42. The van der Waals surface area contributed by atoms with E-state index >= 15 is 0 Å². The molecule has 1 aromatic rings. The van der Waals surface area contributed by atoms with Crippen LogP contribution in [0.2, 0.25) is 0 Å². The number of furan rings is 1. The molecule has 1 saturated heterocycles. The lowest BCUT2D eigenvalue weighted by molar-refractivity contribution is 0.00635. The molecule has 0 spiro atoms. The number of likely N-dealkylation sites (tertiary alicyclic amines) is 1. The smallest absolute Gasteiger partial charge is 0.0947 e. The van der Waals surface area contributed by atoms with Gasteiger partial charge in [0.15, 0.2) is 0 Å². The average Bonchev–Trinajstić information content (AvgIpc) is 2.89. The summed E-state index contributed by atoms with van der Waals surface area (Å²) in [5.74, 6) is 0. The molecule has 4 nitrogen and oxygen atoms in total. The summed E-state index contributed by atoms with van der Waals surface area (Å²) < 4.78 is 10.7. The Balaban J connectivity index is 1.58. The van der Waals surface area contributed by atoms with Gasteiger partial charge in [-0.05, 0) is 32.4 Å². The van der Waals surface area contributed by atoms with E-state index in [1.54, 1.807) is 12.5 Å². The first kappa shape index (κ1) is 13.6. The second kappa shape index (κ2) is 7.56. The number of hydrogen-bond donors (Lipinski definition) is 1. The number of hydrogen-bond acceptors (Lipinski definition) is 4. The number of nitrogens with zero attached hydrogens (tertiary/aromatic N) is 1. The minimum absolute atomic E-state index is 0.442. The molecule has 1 N–H and O–H groups in total. The Morgan fingerprint density at radius 1 is 1.56 bits per heavy atom. The molecule has 102 valence electrons. The van der Waals surface area contributed by atoms with Crippen molar-refractivity contribution in [3.63, 3.8) is 0 Å². The second-order valence-electron chi connectivity index (χ2n) is 4.83. The molecule has 1 aliphatic rings. The molecule has 1 aromatic heterocycles. The Morgan fingerprint density at radius 2 is 2.50 bits per heavy atom. The van der Waals surface area contributed by atoms with Gasteiger partial charge in [0.1, 0.15) is 0 Å². The molecule has 1 unspecified atom stereocenters. The van der Waals surface area contributed by atoms with Crippen LogP contribution in [0.25, 0.3) is 0 Å². The van der Waals surface area contributed by atoms with Crippen LogP contribution >= 0.6 is 0 Å². The minimum Gasteiger partial charge on any atom is -0.472 e. The molecule has 2 rings (SSSR count). The second-order valence-corrected chi connectivity index (χ2v) is 4.83. The Morgan fingerprint density at radius 3 is 3.28 bits per heavy atom. The van der Waals surface area contributed by atoms with Gasteiger partial charge in [0.2, 0.25) is 0 Å². The number of nitrogens with one attached hydrogen (secondary N) is 1. The fourth-order valence-electron chi connectivity index (χ4n) is 2.45. The number of ether oxygens (including phenoxy) is 1. The maximum atomic E-state index is 5.70. The van der Waals surface area contributed by atoms with Gasteiger partial charge in [-0.1, -0.05) is 0 Å². The van der Waals surface area contributed by atoms with Crippen molar-refractivity contribution in [3.05, 3.63) is 24.2 Å². The predicted molar refractivity (Wildman–Crippen MR) is 71.5 cm³/mol. The molecule has 0 bridgehead atoms. The largest absolute Gasteiger partial charge is 0.472 e. The van der Waals surface area contributed by atoms with Crippen molar-refractivity contribution >= 4 is 0 Å². The molecular weight excluding hydrogens is 228 g/mol. The first-order valence-corrected chi connectivity index (χ1v) is 6.94. The molecular formula is C14H24N2O2. The summed E-state index contributed by atoms with van der Waals surface area (Å²) in [7, 11) is 0. The quantitative estimate of drug-likeness (QED) is 0.752. The van der Waals surface area contributed by atoms with Crippen molar-refractivity contribution in [2.45, 2.75) is 32.4 Å². The van der Waals surface area contributed by atoms with Gasteiger partial charge in [-0.25, -0.2) is 0 Å². The molecule has 4 heteroatoms. The molecule has 1 fully saturated rings. The third kappa shape index (κ3) is 4.44. The summed E-state index contributed by atoms with van der Waals surface area (Å²) in [5, 5.41) is 3.44. The molecule has 0 saturated carbocycles. The van der Waals surface area contributed by atoms with E-state index in [0.717, 1.165) is 32.8 Å². The van der Waals surface area contributed by atoms with Crippen molar-refractivity contribution in [3.8, 4) is 0 Å². The molecule has 0 aromatic carbocycles. The van der Waals surface area contributed by atoms with Gasteiger partial charge >= 0.3 is 0 Å². The molecule has 0 aliphatic carbocycles. The topological polar surface area (TPSA) is 37.6 Å². The molecule has 1 atom stereocenters. The van der Waals surface area contributed by atoms with Crippen molar-refractivity contribution in [2.24, 2.45) is 0 Å². The Kier molecular flexibility index (Phi) is 5.71. The predicted octanol–water partition coefficient (Wildman–Crippen LogP) is 1.87. The normalized spacial score (nSPS) is 21.3. The van der Waals surface area contributed by atoms with Crippen LogP contribution in [0.5, 0.6) is 0 Å². The van der Waals surface area contributed by atoms with E-state index in [9.17, 15) is 0 Å². The Bertz CT molecular complexity index is 312. The van der Waals surface area contributed by atoms with Crippen LogP contribution < -0.4 is 5.32 Å². The third-order valence-electron chi connectivity index (χ3n) is 3.38. The van der Waals surface area contributed by atoms with Gasteiger partial charge < -0.3 is 14.5 Å². The van der Waals surface area contributed by atoms with Gasteiger partial charge in [-0.3, -0.25) is 4.90 Å². The zero-order valence-corrected chi connectivity index (χ0v) is 11.2. The summed E-state index contributed by atoms with van der Waals surface area (Å²) in [6.45, 7) is 8.20. The van der Waals surface area contributed by atoms with Crippen LogP contribution in [0.15, 0.2) is 23.0 Å². The van der Waals surface area contributed by atoms with Crippen LogP contribution in [0.3, 0.4) is 0 Å². The van der Waals surface area contributed by atoms with E-state index in [1.807, 2.05) is 6.07 Å². The van der Waals surface area contributed by atoms with E-state index in [2.05, 4.69) is 17.1 Å². The maximum absolute atomic E-state index is 5.70. The van der Waals surface area contributed by atoms with Crippen molar-refractivity contribution in [2.75, 3.05) is 32.8 Å². The van der Waals surface area contributed by atoms with Gasteiger partial charge in [-0.2, -0.15) is 0 Å². The molecule has 0 radical (unpaired) electrons.